The van der Waals surface area contributed by atoms with Gasteiger partial charge in [0.05, 0.1) is 22.5 Å². The Morgan fingerprint density at radius 2 is 2.04 bits per heavy atom. The van der Waals surface area contributed by atoms with E-state index in [1.54, 1.807) is 18.5 Å². The number of aromatic nitrogens is 4. The second-order valence-electron chi connectivity index (χ2n) is 6.98. The Morgan fingerprint density at radius 3 is 2.65 bits per heavy atom. The number of thiophene rings is 1. The van der Waals surface area contributed by atoms with Crippen molar-refractivity contribution in [2.75, 3.05) is 5.32 Å². The minimum Gasteiger partial charge on any atom is -0.479 e. The van der Waals surface area contributed by atoms with Crippen molar-refractivity contribution >= 4 is 39.1 Å². The molecule has 0 atom stereocenters. The molecule has 3 heterocycles. The molecule has 0 aliphatic carbocycles. The largest absolute Gasteiger partial charge is 0.479 e. The van der Waals surface area contributed by atoms with Crippen molar-refractivity contribution in [2.24, 2.45) is 7.05 Å². The van der Waals surface area contributed by atoms with E-state index in [0.29, 0.717) is 10.6 Å². The molecule has 3 aromatic heterocycles. The Balaban J connectivity index is 1.85. The highest BCUT2D eigenvalue weighted by atomic mass is 32.1. The van der Waals surface area contributed by atoms with E-state index in [4.69, 9.17) is 0 Å². The molecular formula is C17H21N5O3S. The molecule has 3 rings (SSSR count). The van der Waals surface area contributed by atoms with Gasteiger partial charge in [-0.05, 0) is 25.8 Å². The summed E-state index contributed by atoms with van der Waals surface area (Å²) < 4.78 is 3.11. The van der Waals surface area contributed by atoms with Crippen molar-refractivity contribution in [3.63, 3.8) is 0 Å². The number of nitrogens with zero attached hydrogens (tertiary/aromatic N) is 4. The summed E-state index contributed by atoms with van der Waals surface area (Å²) in [6.45, 7) is 7.22. The zero-order valence-electron chi connectivity index (χ0n) is 15.3. The van der Waals surface area contributed by atoms with Gasteiger partial charge in [-0.3, -0.25) is 14.2 Å². The number of aliphatic carboxylic acids is 1. The molecule has 0 fully saturated rings. The summed E-state index contributed by atoms with van der Waals surface area (Å²) in [7, 11) is 1.87. The summed E-state index contributed by atoms with van der Waals surface area (Å²) in [6.07, 6.45) is 2.96. The number of anilines is 1. The molecule has 0 spiro atoms. The van der Waals surface area contributed by atoms with E-state index < -0.39 is 11.5 Å². The molecule has 0 aliphatic heterocycles. The normalized spacial score (nSPS) is 12.1. The molecule has 0 saturated heterocycles. The number of fused-ring (bicyclic) bond motifs is 1. The first-order chi connectivity index (χ1) is 12.1. The first-order valence-corrected chi connectivity index (χ1v) is 8.99. The summed E-state index contributed by atoms with van der Waals surface area (Å²) >= 11 is 1.37. The van der Waals surface area contributed by atoms with Crippen LogP contribution in [0.4, 0.5) is 5.69 Å². The van der Waals surface area contributed by atoms with Crippen LogP contribution in [0.1, 0.15) is 49.0 Å². The van der Waals surface area contributed by atoms with E-state index in [2.05, 4.69) is 29.4 Å². The van der Waals surface area contributed by atoms with Crippen LogP contribution in [0.15, 0.2) is 18.5 Å². The molecule has 0 bridgehead atoms. The number of aryl methyl sites for hydroxylation is 1. The highest BCUT2D eigenvalue weighted by Gasteiger charge is 2.30. The molecule has 0 radical (unpaired) electrons. The minimum atomic E-state index is -1.20. The molecule has 3 aromatic rings. The molecule has 8 nitrogen and oxygen atoms in total. The van der Waals surface area contributed by atoms with Crippen molar-refractivity contribution in [3.05, 3.63) is 29.0 Å². The van der Waals surface area contributed by atoms with Crippen LogP contribution < -0.4 is 5.32 Å². The Bertz CT molecular complexity index is 996. The minimum absolute atomic E-state index is 0.256. The number of rotatable bonds is 5. The maximum Gasteiger partial charge on any atom is 0.331 e. The van der Waals surface area contributed by atoms with Crippen LogP contribution in [0.5, 0.6) is 0 Å². The number of amides is 1. The first kappa shape index (κ1) is 18.1. The molecule has 0 aliphatic rings. The highest BCUT2D eigenvalue weighted by molar-refractivity contribution is 7.20. The van der Waals surface area contributed by atoms with E-state index in [0.717, 1.165) is 15.9 Å². The number of nitrogens with one attached hydrogen (secondary N) is 1. The highest BCUT2D eigenvalue weighted by Crippen LogP contribution is 2.32. The van der Waals surface area contributed by atoms with Crippen LogP contribution >= 0.6 is 11.3 Å². The third-order valence-corrected chi connectivity index (χ3v) is 5.45. The smallest absolute Gasteiger partial charge is 0.331 e. The molecule has 9 heteroatoms. The number of carboxylic acids is 1. The fraction of sp³-hybridized carbons (Fsp3) is 0.412. The number of hydrogen-bond acceptors (Lipinski definition) is 5. The zero-order valence-corrected chi connectivity index (χ0v) is 16.1. The molecule has 0 saturated carbocycles. The molecule has 1 amide bonds. The Hall–Kier alpha value is -2.68. The van der Waals surface area contributed by atoms with Crippen LogP contribution in [0, 0.1) is 0 Å². The molecule has 0 unspecified atom stereocenters. The average Bonchev–Trinajstić information content (AvgIpc) is 3.23. The number of carboxylic acid groups (broad SMARTS) is 1. The molecule has 0 aromatic carbocycles. The van der Waals surface area contributed by atoms with Gasteiger partial charge in [-0.2, -0.15) is 10.2 Å². The van der Waals surface area contributed by atoms with Gasteiger partial charge in [0.2, 0.25) is 0 Å². The number of carbonyl (C=O) groups excluding carboxylic acids is 1. The summed E-state index contributed by atoms with van der Waals surface area (Å²) in [6, 6.07) is 1.85. The van der Waals surface area contributed by atoms with E-state index in [1.807, 2.05) is 13.1 Å². The average molecular weight is 375 g/mol. The van der Waals surface area contributed by atoms with Gasteiger partial charge in [0, 0.05) is 18.6 Å². The fourth-order valence-corrected chi connectivity index (χ4v) is 3.56. The fourth-order valence-electron chi connectivity index (χ4n) is 2.59. The molecule has 2 N–H and O–H groups in total. The van der Waals surface area contributed by atoms with Gasteiger partial charge in [0.1, 0.15) is 4.83 Å². The van der Waals surface area contributed by atoms with Crippen LogP contribution in [0.25, 0.3) is 10.2 Å². The van der Waals surface area contributed by atoms with Crippen LogP contribution in [-0.4, -0.2) is 36.5 Å². The van der Waals surface area contributed by atoms with Crippen molar-refractivity contribution < 1.29 is 14.7 Å². The SMILES string of the molecule is CC(C)c1nn(C)c2sc(C(=O)Nc3cnn(C(C)(C)C(=O)O)c3)cc12. The third-order valence-electron chi connectivity index (χ3n) is 4.25. The summed E-state index contributed by atoms with van der Waals surface area (Å²) in [5, 5.41) is 21.6. The van der Waals surface area contributed by atoms with Crippen LogP contribution in [0.3, 0.4) is 0 Å². The lowest BCUT2D eigenvalue weighted by molar-refractivity contribution is -0.146. The lowest BCUT2D eigenvalue weighted by atomic mass is 10.1. The molecule has 26 heavy (non-hydrogen) atoms. The van der Waals surface area contributed by atoms with Crippen molar-refractivity contribution in [1.82, 2.24) is 19.6 Å². The van der Waals surface area contributed by atoms with E-state index in [9.17, 15) is 14.7 Å². The Kier molecular flexibility index (Phi) is 4.35. The second kappa shape index (κ2) is 6.24. The predicted octanol–water partition coefficient (Wildman–Crippen LogP) is 3.03. The number of hydrogen-bond donors (Lipinski definition) is 2. The lowest BCUT2D eigenvalue weighted by Crippen LogP contribution is -2.35. The maximum atomic E-state index is 12.6. The second-order valence-corrected chi connectivity index (χ2v) is 8.02. The monoisotopic (exact) mass is 375 g/mol. The standard InChI is InChI=1S/C17H21N5O3S/c1-9(2)13-11-6-12(26-15(11)21(5)20-13)14(23)19-10-7-18-22(8-10)17(3,4)16(24)25/h6-9H,1-5H3,(H,19,23)(H,24,25). The third kappa shape index (κ3) is 2.98. The summed E-state index contributed by atoms with van der Waals surface area (Å²) in [5.74, 6) is -0.994. The topological polar surface area (TPSA) is 102 Å². The quantitative estimate of drug-likeness (QED) is 0.714. The van der Waals surface area contributed by atoms with Gasteiger partial charge < -0.3 is 10.4 Å². The van der Waals surface area contributed by atoms with Gasteiger partial charge in [0.25, 0.3) is 5.91 Å². The maximum absolute atomic E-state index is 12.6. The Morgan fingerprint density at radius 1 is 1.35 bits per heavy atom. The van der Waals surface area contributed by atoms with Crippen LogP contribution in [-0.2, 0) is 17.4 Å². The van der Waals surface area contributed by atoms with Crippen LogP contribution in [0.2, 0.25) is 0 Å². The lowest BCUT2D eigenvalue weighted by Gasteiger charge is -2.19. The van der Waals surface area contributed by atoms with Crippen molar-refractivity contribution in [2.45, 2.75) is 39.2 Å². The number of carbonyl (C=O) groups is 2. The van der Waals surface area contributed by atoms with E-state index in [-0.39, 0.29) is 11.8 Å². The van der Waals surface area contributed by atoms with Crippen molar-refractivity contribution in [1.29, 1.82) is 0 Å². The van der Waals surface area contributed by atoms with Gasteiger partial charge in [-0.25, -0.2) is 4.79 Å². The summed E-state index contributed by atoms with van der Waals surface area (Å²) in [5.41, 5.74) is 0.219. The van der Waals surface area contributed by atoms with Gasteiger partial charge in [-0.1, -0.05) is 13.8 Å². The Labute approximate surface area is 154 Å². The van der Waals surface area contributed by atoms with Gasteiger partial charge in [-0.15, -0.1) is 11.3 Å². The van der Waals surface area contributed by atoms with Gasteiger partial charge >= 0.3 is 5.97 Å². The summed E-state index contributed by atoms with van der Waals surface area (Å²) in [4.78, 5) is 25.4. The molecule has 138 valence electrons. The molecular weight excluding hydrogens is 354 g/mol. The first-order valence-electron chi connectivity index (χ1n) is 8.17. The van der Waals surface area contributed by atoms with Gasteiger partial charge in [0.15, 0.2) is 5.54 Å². The zero-order chi connectivity index (χ0) is 19.2. The predicted molar refractivity (Wildman–Crippen MR) is 99.8 cm³/mol. The van der Waals surface area contributed by atoms with E-state index in [1.165, 1.54) is 28.4 Å². The van der Waals surface area contributed by atoms with Crippen molar-refractivity contribution in [3.8, 4) is 0 Å². The van der Waals surface area contributed by atoms with E-state index >= 15 is 0 Å².